The summed E-state index contributed by atoms with van der Waals surface area (Å²) in [4.78, 5) is 28.7. The number of thiazole rings is 1. The third-order valence-corrected chi connectivity index (χ3v) is 4.18. The van der Waals surface area contributed by atoms with Gasteiger partial charge in [0.15, 0.2) is 0 Å². The number of carbonyl (C=O) groups excluding carboxylic acids is 1. The van der Waals surface area contributed by atoms with Crippen LogP contribution >= 0.6 is 11.3 Å². The number of nitrogens with zero attached hydrogens (tertiary/aromatic N) is 2. The molecule has 2 rings (SSSR count). The summed E-state index contributed by atoms with van der Waals surface area (Å²) in [5.74, 6) is -1.59. The summed E-state index contributed by atoms with van der Waals surface area (Å²) in [6, 6.07) is 0. The Morgan fingerprint density at radius 1 is 1.60 bits per heavy atom. The van der Waals surface area contributed by atoms with Gasteiger partial charge in [-0.05, 0) is 19.4 Å². The molecule has 0 aliphatic carbocycles. The molecule has 1 N–H and O–H groups in total. The molecule has 1 atom stereocenters. The van der Waals surface area contributed by atoms with E-state index in [1.807, 2.05) is 0 Å². The van der Waals surface area contributed by atoms with Crippen molar-refractivity contribution in [1.82, 2.24) is 9.88 Å². The molecule has 0 aromatic carbocycles. The first-order valence-corrected chi connectivity index (χ1v) is 7.20. The number of carboxylic acids is 1. The van der Waals surface area contributed by atoms with Gasteiger partial charge in [-0.3, -0.25) is 9.59 Å². The van der Waals surface area contributed by atoms with Gasteiger partial charge in [0.25, 0.3) is 0 Å². The summed E-state index contributed by atoms with van der Waals surface area (Å²) in [5, 5.41) is 11.5. The van der Waals surface area contributed by atoms with Crippen LogP contribution in [0.5, 0.6) is 0 Å². The molecule has 1 aliphatic rings. The van der Waals surface area contributed by atoms with Crippen LogP contribution in [0.3, 0.4) is 0 Å². The first-order valence-electron chi connectivity index (χ1n) is 6.32. The smallest absolute Gasteiger partial charge is 0.312 e. The predicted molar refractivity (Wildman–Crippen MR) is 77.5 cm³/mol. The Labute approximate surface area is 121 Å². The number of amides is 1. The van der Waals surface area contributed by atoms with E-state index in [2.05, 4.69) is 17.6 Å². The van der Waals surface area contributed by atoms with E-state index in [1.165, 1.54) is 17.4 Å². The minimum Gasteiger partial charge on any atom is -0.481 e. The van der Waals surface area contributed by atoms with Crippen LogP contribution in [0.2, 0.25) is 0 Å². The van der Waals surface area contributed by atoms with E-state index >= 15 is 0 Å². The highest BCUT2D eigenvalue weighted by Gasteiger charge is 2.21. The summed E-state index contributed by atoms with van der Waals surface area (Å²) < 4.78 is 0. The molecule has 1 aromatic rings. The lowest BCUT2D eigenvalue weighted by Gasteiger charge is -2.25. The molecule has 0 saturated carbocycles. The summed E-state index contributed by atoms with van der Waals surface area (Å²) >= 11 is 1.42. The molecule has 5 nitrogen and oxygen atoms in total. The van der Waals surface area contributed by atoms with E-state index in [9.17, 15) is 9.59 Å². The fourth-order valence-corrected chi connectivity index (χ4v) is 2.92. The maximum atomic E-state index is 11.6. The molecule has 2 heterocycles. The van der Waals surface area contributed by atoms with Crippen molar-refractivity contribution >= 4 is 28.8 Å². The molecule has 1 unspecified atom stereocenters. The first kappa shape index (κ1) is 14.5. The lowest BCUT2D eigenvalue weighted by molar-refractivity contribution is -0.138. The maximum absolute atomic E-state index is 11.6. The molecule has 0 radical (unpaired) electrons. The van der Waals surface area contributed by atoms with Crippen LogP contribution in [0.1, 0.15) is 30.0 Å². The van der Waals surface area contributed by atoms with Crippen molar-refractivity contribution in [3.63, 3.8) is 0 Å². The predicted octanol–water partition coefficient (Wildman–Crippen LogP) is 2.13. The molecular formula is C14H16N2O3S. The molecule has 20 heavy (non-hydrogen) atoms. The van der Waals surface area contributed by atoms with Gasteiger partial charge in [0.2, 0.25) is 5.91 Å². The first-order chi connectivity index (χ1) is 9.52. The average molecular weight is 292 g/mol. The highest BCUT2D eigenvalue weighted by Crippen LogP contribution is 2.27. The number of rotatable bonds is 4. The van der Waals surface area contributed by atoms with Gasteiger partial charge in [-0.25, -0.2) is 4.98 Å². The minimum atomic E-state index is -0.886. The topological polar surface area (TPSA) is 70.5 Å². The molecule has 1 aliphatic heterocycles. The highest BCUT2D eigenvalue weighted by atomic mass is 32.1. The summed E-state index contributed by atoms with van der Waals surface area (Å²) in [5.41, 5.74) is 1.53. The van der Waals surface area contributed by atoms with E-state index in [0.717, 1.165) is 17.0 Å². The quantitative estimate of drug-likeness (QED) is 0.863. The number of hydrogen-bond acceptors (Lipinski definition) is 4. The van der Waals surface area contributed by atoms with Crippen LogP contribution in [0, 0.1) is 0 Å². The van der Waals surface area contributed by atoms with Crippen LogP contribution in [0.25, 0.3) is 5.57 Å². The van der Waals surface area contributed by atoms with Crippen LogP contribution in [0.4, 0.5) is 0 Å². The summed E-state index contributed by atoms with van der Waals surface area (Å²) in [6.07, 6.45) is 4.14. The van der Waals surface area contributed by atoms with Crippen molar-refractivity contribution in [1.29, 1.82) is 0 Å². The van der Waals surface area contributed by atoms with Crippen molar-refractivity contribution < 1.29 is 14.7 Å². The Morgan fingerprint density at radius 3 is 3.00 bits per heavy atom. The summed E-state index contributed by atoms with van der Waals surface area (Å²) in [7, 11) is 0. The SMILES string of the molecule is C=CC(=O)N1CCC=C(c2nc(C(C)C(=O)O)cs2)C1. The number of carboxylic acid groups (broad SMARTS) is 1. The molecule has 6 heteroatoms. The zero-order chi connectivity index (χ0) is 14.7. The molecular weight excluding hydrogens is 276 g/mol. The molecule has 106 valence electrons. The Hall–Kier alpha value is -1.95. The van der Waals surface area contributed by atoms with Crippen LogP contribution in [0.15, 0.2) is 24.1 Å². The van der Waals surface area contributed by atoms with E-state index in [4.69, 9.17) is 5.11 Å². The minimum absolute atomic E-state index is 0.0914. The van der Waals surface area contributed by atoms with Gasteiger partial charge in [0.05, 0.1) is 11.6 Å². The normalized spacial score (nSPS) is 16.4. The van der Waals surface area contributed by atoms with Gasteiger partial charge >= 0.3 is 5.97 Å². The lowest BCUT2D eigenvalue weighted by Crippen LogP contribution is -2.34. The van der Waals surface area contributed by atoms with Gasteiger partial charge in [-0.15, -0.1) is 11.3 Å². The molecule has 1 aromatic heterocycles. The van der Waals surface area contributed by atoms with Crippen LogP contribution in [-0.4, -0.2) is 40.0 Å². The van der Waals surface area contributed by atoms with Gasteiger partial charge in [0.1, 0.15) is 5.01 Å². The fraction of sp³-hybridized carbons (Fsp3) is 0.357. The third-order valence-electron chi connectivity index (χ3n) is 3.25. The third kappa shape index (κ3) is 2.96. The number of carbonyl (C=O) groups is 2. The van der Waals surface area contributed by atoms with E-state index in [-0.39, 0.29) is 5.91 Å². The average Bonchev–Trinajstić information content (AvgIpc) is 2.95. The van der Waals surface area contributed by atoms with Crippen LogP contribution in [-0.2, 0) is 9.59 Å². The van der Waals surface area contributed by atoms with Gasteiger partial charge in [-0.2, -0.15) is 0 Å². The molecule has 0 spiro atoms. The Morgan fingerprint density at radius 2 is 2.35 bits per heavy atom. The van der Waals surface area contributed by atoms with Gasteiger partial charge < -0.3 is 10.0 Å². The number of aliphatic carboxylic acids is 1. The van der Waals surface area contributed by atoms with E-state index in [0.29, 0.717) is 18.8 Å². The zero-order valence-corrected chi connectivity index (χ0v) is 12.0. The second-order valence-corrected chi connectivity index (χ2v) is 5.48. The van der Waals surface area contributed by atoms with Crippen molar-refractivity contribution in [3.05, 3.63) is 34.8 Å². The van der Waals surface area contributed by atoms with E-state index in [1.54, 1.807) is 17.2 Å². The monoisotopic (exact) mass is 292 g/mol. The summed E-state index contributed by atoms with van der Waals surface area (Å²) in [6.45, 7) is 6.28. The van der Waals surface area contributed by atoms with Gasteiger partial charge in [-0.1, -0.05) is 12.7 Å². The van der Waals surface area contributed by atoms with Crippen LogP contribution < -0.4 is 0 Å². The number of hydrogen-bond donors (Lipinski definition) is 1. The van der Waals surface area contributed by atoms with Crippen molar-refractivity contribution in [2.75, 3.05) is 13.1 Å². The van der Waals surface area contributed by atoms with Crippen molar-refractivity contribution in [2.45, 2.75) is 19.3 Å². The zero-order valence-electron chi connectivity index (χ0n) is 11.2. The van der Waals surface area contributed by atoms with Crippen molar-refractivity contribution in [2.24, 2.45) is 0 Å². The van der Waals surface area contributed by atoms with E-state index < -0.39 is 11.9 Å². The Balaban J connectivity index is 2.16. The standard InChI is InChI=1S/C14H16N2O3S/c1-3-12(17)16-6-4-5-10(7-16)13-15-11(8-20-13)9(2)14(18)19/h3,5,8-9H,1,4,6-7H2,2H3,(H,18,19). The lowest BCUT2D eigenvalue weighted by atomic mass is 10.1. The second kappa shape index (κ2) is 6.00. The Kier molecular flexibility index (Phi) is 4.34. The fourth-order valence-electron chi connectivity index (χ4n) is 1.98. The molecule has 0 bridgehead atoms. The largest absolute Gasteiger partial charge is 0.481 e. The second-order valence-electron chi connectivity index (χ2n) is 4.62. The van der Waals surface area contributed by atoms with Crippen molar-refractivity contribution in [3.8, 4) is 0 Å². The molecule has 0 fully saturated rings. The maximum Gasteiger partial charge on any atom is 0.312 e. The molecule has 0 saturated heterocycles. The molecule has 1 amide bonds. The van der Waals surface area contributed by atoms with Gasteiger partial charge in [0, 0.05) is 24.0 Å². The number of aromatic nitrogens is 1. The highest BCUT2D eigenvalue weighted by molar-refractivity contribution is 7.10. The Bertz CT molecular complexity index is 577.